The number of carbonyl (C=O) groups excluding carboxylic acids is 2. The van der Waals surface area contributed by atoms with Crippen molar-refractivity contribution in [3.05, 3.63) is 53.1 Å². The molecule has 0 fully saturated rings. The van der Waals surface area contributed by atoms with E-state index in [9.17, 15) is 9.59 Å². The Kier molecular flexibility index (Phi) is 8.68. The molecule has 8 heteroatoms. The number of amides is 2. The van der Waals surface area contributed by atoms with Gasteiger partial charge in [0.15, 0.2) is 24.7 Å². The van der Waals surface area contributed by atoms with Crippen LogP contribution in [0.5, 0.6) is 17.2 Å². The van der Waals surface area contributed by atoms with Crippen molar-refractivity contribution >= 4 is 18.0 Å². The molecule has 0 radical (unpaired) electrons. The van der Waals surface area contributed by atoms with Gasteiger partial charge in [0.05, 0.1) is 13.3 Å². The van der Waals surface area contributed by atoms with Crippen molar-refractivity contribution in [2.45, 2.75) is 20.8 Å². The lowest BCUT2D eigenvalue weighted by Crippen LogP contribution is -2.28. The number of ether oxygens (including phenoxy) is 3. The van der Waals surface area contributed by atoms with Crippen LogP contribution >= 0.6 is 0 Å². The van der Waals surface area contributed by atoms with Gasteiger partial charge in [-0.1, -0.05) is 6.07 Å². The largest absolute Gasteiger partial charge is 0.493 e. The van der Waals surface area contributed by atoms with Gasteiger partial charge in [0.25, 0.3) is 11.8 Å². The first-order chi connectivity index (χ1) is 14.4. The molecule has 0 saturated heterocycles. The van der Waals surface area contributed by atoms with E-state index < -0.39 is 0 Å². The first-order valence-electron chi connectivity index (χ1n) is 9.51. The van der Waals surface area contributed by atoms with Gasteiger partial charge in [-0.25, -0.2) is 5.43 Å². The van der Waals surface area contributed by atoms with Crippen molar-refractivity contribution in [3.63, 3.8) is 0 Å². The van der Waals surface area contributed by atoms with Crippen molar-refractivity contribution in [2.24, 2.45) is 5.10 Å². The van der Waals surface area contributed by atoms with E-state index in [0.717, 1.165) is 11.1 Å². The molecule has 2 N–H and O–H groups in total. The molecule has 0 aliphatic heterocycles. The first kappa shape index (κ1) is 22.7. The summed E-state index contributed by atoms with van der Waals surface area (Å²) < 4.78 is 16.2. The van der Waals surface area contributed by atoms with Gasteiger partial charge in [-0.3, -0.25) is 9.59 Å². The minimum Gasteiger partial charge on any atom is -0.493 e. The summed E-state index contributed by atoms with van der Waals surface area (Å²) in [6.45, 7) is 6.06. The number of likely N-dealkylation sites (N-methyl/N-ethyl adjacent to an activating group) is 1. The Labute approximate surface area is 176 Å². The minimum atomic E-state index is -0.376. The van der Waals surface area contributed by atoms with E-state index in [1.165, 1.54) is 13.3 Å². The molecule has 0 aliphatic carbocycles. The van der Waals surface area contributed by atoms with Gasteiger partial charge in [0.2, 0.25) is 0 Å². The summed E-state index contributed by atoms with van der Waals surface area (Å²) in [5.41, 5.74) is 5.24. The highest BCUT2D eigenvalue weighted by Gasteiger charge is 2.08. The number of nitrogens with one attached hydrogen (secondary N) is 2. The van der Waals surface area contributed by atoms with E-state index in [0.29, 0.717) is 29.4 Å². The van der Waals surface area contributed by atoms with Crippen molar-refractivity contribution in [1.29, 1.82) is 0 Å². The molecule has 160 valence electrons. The van der Waals surface area contributed by atoms with Gasteiger partial charge in [-0.15, -0.1) is 0 Å². The van der Waals surface area contributed by atoms with Crippen LogP contribution in [-0.2, 0) is 9.59 Å². The maximum atomic E-state index is 11.9. The molecule has 0 atom stereocenters. The number of methoxy groups -OCH3 is 1. The molecule has 2 amide bonds. The van der Waals surface area contributed by atoms with Gasteiger partial charge in [-0.2, -0.15) is 5.10 Å². The fourth-order valence-corrected chi connectivity index (χ4v) is 2.65. The monoisotopic (exact) mass is 413 g/mol. The molecular weight excluding hydrogens is 386 g/mol. The van der Waals surface area contributed by atoms with Crippen LogP contribution in [0.4, 0.5) is 0 Å². The van der Waals surface area contributed by atoms with Gasteiger partial charge >= 0.3 is 0 Å². The highest BCUT2D eigenvalue weighted by atomic mass is 16.5. The highest BCUT2D eigenvalue weighted by molar-refractivity contribution is 5.84. The maximum absolute atomic E-state index is 11.9. The van der Waals surface area contributed by atoms with Crippen molar-refractivity contribution < 1.29 is 23.8 Å². The topological polar surface area (TPSA) is 98.2 Å². The molecule has 30 heavy (non-hydrogen) atoms. The standard InChI is InChI=1S/C22H27N3O5/c1-5-23-21(26)13-30-19-7-6-17(11-20(19)28-4)12-24-25-22(27)14-29-18-9-15(2)8-16(3)10-18/h6-12H,5,13-14H2,1-4H3,(H,23,26)(H,25,27)/b24-12+. The Morgan fingerprint density at radius 3 is 2.33 bits per heavy atom. The molecule has 0 saturated carbocycles. The number of aryl methyl sites for hydroxylation is 2. The maximum Gasteiger partial charge on any atom is 0.277 e. The fourth-order valence-electron chi connectivity index (χ4n) is 2.65. The van der Waals surface area contributed by atoms with Gasteiger partial charge < -0.3 is 19.5 Å². The second kappa shape index (κ2) is 11.5. The Hall–Kier alpha value is -3.55. The van der Waals surface area contributed by atoms with Crippen LogP contribution in [0.1, 0.15) is 23.6 Å². The Morgan fingerprint density at radius 1 is 0.967 bits per heavy atom. The SMILES string of the molecule is CCNC(=O)COc1ccc(/C=N/NC(=O)COc2cc(C)cc(C)c2)cc1OC. The number of benzene rings is 2. The molecule has 0 aliphatic rings. The van der Waals surface area contributed by atoms with Gasteiger partial charge in [0.1, 0.15) is 5.75 Å². The van der Waals surface area contributed by atoms with Crippen LogP contribution in [0, 0.1) is 13.8 Å². The quantitative estimate of drug-likeness (QED) is 0.460. The Balaban J connectivity index is 1.87. The molecule has 0 spiro atoms. The van der Waals surface area contributed by atoms with Crippen LogP contribution < -0.4 is 25.0 Å². The predicted molar refractivity (Wildman–Crippen MR) is 114 cm³/mol. The second-order valence-electron chi connectivity index (χ2n) is 6.56. The number of hydrogen-bond acceptors (Lipinski definition) is 6. The van der Waals surface area contributed by atoms with E-state index in [1.54, 1.807) is 18.2 Å². The molecule has 0 heterocycles. The molecule has 0 bridgehead atoms. The van der Waals surface area contributed by atoms with Crippen molar-refractivity contribution in [1.82, 2.24) is 10.7 Å². The number of nitrogens with zero attached hydrogens (tertiary/aromatic N) is 1. The molecular formula is C22H27N3O5. The smallest absolute Gasteiger partial charge is 0.277 e. The third-order valence-electron chi connectivity index (χ3n) is 3.89. The van der Waals surface area contributed by atoms with Crippen LogP contribution in [0.3, 0.4) is 0 Å². The molecule has 0 aromatic heterocycles. The zero-order chi connectivity index (χ0) is 21.9. The van der Waals surface area contributed by atoms with E-state index in [-0.39, 0.29) is 25.0 Å². The number of carbonyl (C=O) groups is 2. The van der Waals surface area contributed by atoms with Gasteiger partial charge in [0, 0.05) is 6.54 Å². The lowest BCUT2D eigenvalue weighted by Gasteiger charge is -2.11. The molecule has 0 unspecified atom stereocenters. The average molecular weight is 413 g/mol. The second-order valence-corrected chi connectivity index (χ2v) is 6.56. The zero-order valence-corrected chi connectivity index (χ0v) is 17.7. The van der Waals surface area contributed by atoms with Crippen molar-refractivity contribution in [3.8, 4) is 17.2 Å². The summed E-state index contributed by atoms with van der Waals surface area (Å²) >= 11 is 0. The number of hydrazone groups is 1. The van der Waals surface area contributed by atoms with Crippen LogP contribution in [-0.4, -0.2) is 44.9 Å². The fraction of sp³-hybridized carbons (Fsp3) is 0.318. The number of hydrogen-bond donors (Lipinski definition) is 2. The zero-order valence-electron chi connectivity index (χ0n) is 17.7. The van der Waals surface area contributed by atoms with Crippen LogP contribution in [0.15, 0.2) is 41.5 Å². The molecule has 2 aromatic carbocycles. The first-order valence-corrected chi connectivity index (χ1v) is 9.51. The van der Waals surface area contributed by atoms with Crippen LogP contribution in [0.25, 0.3) is 0 Å². The Morgan fingerprint density at radius 2 is 1.67 bits per heavy atom. The predicted octanol–water partition coefficient (Wildman–Crippen LogP) is 2.36. The third kappa shape index (κ3) is 7.46. The van der Waals surface area contributed by atoms with E-state index in [1.807, 2.05) is 39.0 Å². The summed E-state index contributed by atoms with van der Waals surface area (Å²) in [5, 5.41) is 6.58. The average Bonchev–Trinajstić information content (AvgIpc) is 2.70. The van der Waals surface area contributed by atoms with Crippen LogP contribution in [0.2, 0.25) is 0 Å². The van der Waals surface area contributed by atoms with E-state index in [4.69, 9.17) is 14.2 Å². The summed E-state index contributed by atoms with van der Waals surface area (Å²) in [4.78, 5) is 23.4. The summed E-state index contributed by atoms with van der Waals surface area (Å²) in [6.07, 6.45) is 1.48. The Bertz CT molecular complexity index is 891. The lowest BCUT2D eigenvalue weighted by molar-refractivity contribution is -0.123. The lowest BCUT2D eigenvalue weighted by atomic mass is 10.1. The molecule has 2 aromatic rings. The number of rotatable bonds is 10. The van der Waals surface area contributed by atoms with Gasteiger partial charge in [-0.05, 0) is 67.8 Å². The minimum absolute atomic E-state index is 0.103. The summed E-state index contributed by atoms with van der Waals surface area (Å²) in [7, 11) is 1.50. The molecule has 8 nitrogen and oxygen atoms in total. The highest BCUT2D eigenvalue weighted by Crippen LogP contribution is 2.27. The van der Waals surface area contributed by atoms with Crippen molar-refractivity contribution in [2.75, 3.05) is 26.9 Å². The summed E-state index contributed by atoms with van der Waals surface area (Å²) in [6, 6.07) is 10.9. The van der Waals surface area contributed by atoms with E-state index >= 15 is 0 Å². The normalized spacial score (nSPS) is 10.5. The molecule has 2 rings (SSSR count). The summed E-state index contributed by atoms with van der Waals surface area (Å²) in [5.74, 6) is 0.939. The third-order valence-corrected chi connectivity index (χ3v) is 3.89. The van der Waals surface area contributed by atoms with E-state index in [2.05, 4.69) is 15.8 Å².